The number of benzene rings is 3. The van der Waals surface area contributed by atoms with Crippen molar-refractivity contribution in [2.75, 3.05) is 5.32 Å². The number of carbonyl (C=O) groups is 2. The highest BCUT2D eigenvalue weighted by Gasteiger charge is 2.08. The first kappa shape index (κ1) is 18.2. The maximum atomic E-state index is 11.9. The number of nitrogens with one attached hydrogen (secondary N) is 1. The number of carbonyl (C=O) groups excluding carboxylic acids is 1. The molecule has 27 heavy (non-hydrogen) atoms. The molecule has 0 radical (unpaired) electrons. The summed E-state index contributed by atoms with van der Waals surface area (Å²) in [6.07, 6.45) is -0.520. The number of hydrogen-bond donors (Lipinski definition) is 2. The summed E-state index contributed by atoms with van der Waals surface area (Å²) in [5.74, 6) is -0.946. The van der Waals surface area contributed by atoms with Crippen molar-refractivity contribution in [3.8, 4) is 11.1 Å². The fraction of sp³-hybridized carbons (Fsp3) is 0.0909. The highest BCUT2D eigenvalue weighted by atomic mass is 16.5. The molecule has 0 aliphatic heterocycles. The molecule has 0 heterocycles. The molecule has 0 aliphatic rings. The Kier molecular flexibility index (Phi) is 5.52. The second-order valence-electron chi connectivity index (χ2n) is 6.10. The summed E-state index contributed by atoms with van der Waals surface area (Å²) in [4.78, 5) is 22.9. The molecule has 0 aliphatic carbocycles. The van der Waals surface area contributed by atoms with Crippen molar-refractivity contribution in [2.24, 2.45) is 0 Å². The molecule has 0 atom stereocenters. The Morgan fingerprint density at radius 2 is 1.67 bits per heavy atom. The van der Waals surface area contributed by atoms with E-state index in [9.17, 15) is 9.59 Å². The Balaban J connectivity index is 1.63. The van der Waals surface area contributed by atoms with Gasteiger partial charge in [0, 0.05) is 5.69 Å². The van der Waals surface area contributed by atoms with Gasteiger partial charge in [0.05, 0.1) is 5.56 Å². The van der Waals surface area contributed by atoms with Crippen molar-refractivity contribution in [3.63, 3.8) is 0 Å². The van der Waals surface area contributed by atoms with Crippen molar-refractivity contribution in [1.29, 1.82) is 0 Å². The number of rotatable bonds is 5. The zero-order valence-corrected chi connectivity index (χ0v) is 14.8. The first-order chi connectivity index (χ1) is 13.0. The van der Waals surface area contributed by atoms with Gasteiger partial charge in [-0.1, -0.05) is 48.5 Å². The molecule has 0 saturated carbocycles. The van der Waals surface area contributed by atoms with Crippen LogP contribution in [0.2, 0.25) is 0 Å². The van der Waals surface area contributed by atoms with Crippen LogP contribution in [-0.2, 0) is 11.3 Å². The normalized spacial score (nSPS) is 10.3. The molecular weight excluding hydrogens is 342 g/mol. The minimum atomic E-state index is -0.946. The molecule has 2 N–H and O–H groups in total. The van der Waals surface area contributed by atoms with Crippen LogP contribution in [0, 0.1) is 6.92 Å². The van der Waals surface area contributed by atoms with Crippen LogP contribution in [0.3, 0.4) is 0 Å². The van der Waals surface area contributed by atoms with Gasteiger partial charge in [-0.2, -0.15) is 0 Å². The minimum Gasteiger partial charge on any atom is -0.478 e. The lowest BCUT2D eigenvalue weighted by molar-refractivity contribution is 0.0696. The summed E-state index contributed by atoms with van der Waals surface area (Å²) in [5, 5.41) is 11.7. The van der Waals surface area contributed by atoms with Crippen molar-refractivity contribution < 1.29 is 19.4 Å². The quantitative estimate of drug-likeness (QED) is 0.662. The van der Waals surface area contributed by atoms with E-state index in [-0.39, 0.29) is 12.2 Å². The Morgan fingerprint density at radius 3 is 2.30 bits per heavy atom. The first-order valence-electron chi connectivity index (χ1n) is 8.45. The molecule has 136 valence electrons. The lowest BCUT2D eigenvalue weighted by Crippen LogP contribution is -2.13. The number of amides is 1. The van der Waals surface area contributed by atoms with E-state index in [0.29, 0.717) is 5.69 Å². The molecule has 0 unspecified atom stereocenters. The number of aryl methyl sites for hydroxylation is 1. The van der Waals surface area contributed by atoms with Gasteiger partial charge in [-0.15, -0.1) is 0 Å². The van der Waals surface area contributed by atoms with Crippen molar-refractivity contribution in [2.45, 2.75) is 13.5 Å². The standard InChI is InChI=1S/C22H19NO4/c1-15-13-18(21(24)25)9-12-20(15)17-7-10-19(11-8-17)23-22(26)27-14-16-5-3-2-4-6-16/h2-13H,14H2,1H3,(H,23,26)(H,24,25). The molecule has 0 saturated heterocycles. The van der Waals surface area contributed by atoms with Crippen LogP contribution in [0.1, 0.15) is 21.5 Å². The van der Waals surface area contributed by atoms with Crippen LogP contribution in [0.4, 0.5) is 10.5 Å². The number of hydrogen-bond acceptors (Lipinski definition) is 3. The summed E-state index contributed by atoms with van der Waals surface area (Å²) >= 11 is 0. The van der Waals surface area contributed by atoms with Crippen LogP contribution >= 0.6 is 0 Å². The molecule has 3 aromatic carbocycles. The fourth-order valence-corrected chi connectivity index (χ4v) is 2.73. The molecule has 1 amide bonds. The minimum absolute atomic E-state index is 0.208. The Morgan fingerprint density at radius 1 is 0.963 bits per heavy atom. The number of aromatic carboxylic acids is 1. The third-order valence-electron chi connectivity index (χ3n) is 4.13. The number of ether oxygens (including phenoxy) is 1. The Labute approximate surface area is 157 Å². The van der Waals surface area contributed by atoms with E-state index in [2.05, 4.69) is 5.32 Å². The van der Waals surface area contributed by atoms with E-state index in [4.69, 9.17) is 9.84 Å². The molecular formula is C22H19NO4. The summed E-state index contributed by atoms with van der Waals surface area (Å²) in [7, 11) is 0. The molecule has 5 nitrogen and oxygen atoms in total. The van der Waals surface area contributed by atoms with E-state index < -0.39 is 12.1 Å². The van der Waals surface area contributed by atoms with Gasteiger partial charge >= 0.3 is 12.1 Å². The Bertz CT molecular complexity index is 950. The van der Waals surface area contributed by atoms with Gasteiger partial charge in [0.25, 0.3) is 0 Å². The lowest BCUT2D eigenvalue weighted by Gasteiger charge is -2.10. The third kappa shape index (κ3) is 4.73. The van der Waals surface area contributed by atoms with E-state index in [1.54, 1.807) is 30.3 Å². The Hall–Kier alpha value is -3.60. The van der Waals surface area contributed by atoms with E-state index >= 15 is 0 Å². The van der Waals surface area contributed by atoms with Crippen molar-refractivity contribution in [1.82, 2.24) is 0 Å². The summed E-state index contributed by atoms with van der Waals surface area (Å²) in [5.41, 5.74) is 4.55. The first-order valence-corrected chi connectivity index (χ1v) is 8.45. The topological polar surface area (TPSA) is 75.6 Å². The molecule has 0 fully saturated rings. The number of anilines is 1. The molecule has 0 bridgehead atoms. The summed E-state index contributed by atoms with van der Waals surface area (Å²) in [6, 6.07) is 21.8. The van der Waals surface area contributed by atoms with E-state index in [0.717, 1.165) is 22.3 Å². The van der Waals surface area contributed by atoms with Crippen LogP contribution in [-0.4, -0.2) is 17.2 Å². The van der Waals surface area contributed by atoms with Crippen LogP contribution in [0.25, 0.3) is 11.1 Å². The summed E-state index contributed by atoms with van der Waals surface area (Å²) in [6.45, 7) is 2.08. The number of carboxylic acid groups (broad SMARTS) is 1. The largest absolute Gasteiger partial charge is 0.478 e. The second-order valence-corrected chi connectivity index (χ2v) is 6.10. The van der Waals surface area contributed by atoms with Crippen LogP contribution < -0.4 is 5.32 Å². The third-order valence-corrected chi connectivity index (χ3v) is 4.13. The zero-order chi connectivity index (χ0) is 19.2. The smallest absolute Gasteiger partial charge is 0.411 e. The van der Waals surface area contributed by atoms with Gasteiger partial charge in [-0.25, -0.2) is 9.59 Å². The van der Waals surface area contributed by atoms with Gasteiger partial charge in [-0.3, -0.25) is 5.32 Å². The maximum Gasteiger partial charge on any atom is 0.411 e. The number of carboxylic acids is 1. The van der Waals surface area contributed by atoms with Crippen LogP contribution in [0.15, 0.2) is 72.8 Å². The fourth-order valence-electron chi connectivity index (χ4n) is 2.73. The SMILES string of the molecule is Cc1cc(C(=O)O)ccc1-c1ccc(NC(=O)OCc2ccccc2)cc1. The van der Waals surface area contributed by atoms with Gasteiger partial charge < -0.3 is 9.84 Å². The molecule has 0 spiro atoms. The zero-order valence-electron chi connectivity index (χ0n) is 14.8. The van der Waals surface area contributed by atoms with Crippen LogP contribution in [0.5, 0.6) is 0 Å². The second kappa shape index (κ2) is 8.19. The average Bonchev–Trinajstić information content (AvgIpc) is 2.68. The predicted octanol–water partition coefficient (Wildman–Crippen LogP) is 5.11. The highest BCUT2D eigenvalue weighted by Crippen LogP contribution is 2.26. The van der Waals surface area contributed by atoms with Gasteiger partial charge in [0.15, 0.2) is 0 Å². The highest BCUT2D eigenvalue weighted by molar-refractivity contribution is 5.89. The predicted molar refractivity (Wildman–Crippen MR) is 104 cm³/mol. The average molecular weight is 361 g/mol. The molecule has 5 heteroatoms. The van der Waals surface area contributed by atoms with Gasteiger partial charge in [-0.05, 0) is 53.4 Å². The van der Waals surface area contributed by atoms with Crippen molar-refractivity contribution in [3.05, 3.63) is 89.5 Å². The van der Waals surface area contributed by atoms with Gasteiger partial charge in [0.1, 0.15) is 6.61 Å². The van der Waals surface area contributed by atoms with E-state index in [1.807, 2.05) is 49.4 Å². The van der Waals surface area contributed by atoms with Gasteiger partial charge in [0.2, 0.25) is 0 Å². The molecule has 0 aromatic heterocycles. The molecule has 3 aromatic rings. The maximum absolute atomic E-state index is 11.9. The molecule has 3 rings (SSSR count). The van der Waals surface area contributed by atoms with Crippen molar-refractivity contribution >= 4 is 17.7 Å². The summed E-state index contributed by atoms with van der Waals surface area (Å²) < 4.78 is 5.20. The monoisotopic (exact) mass is 361 g/mol. The lowest BCUT2D eigenvalue weighted by atomic mass is 9.98. The van der Waals surface area contributed by atoms with E-state index in [1.165, 1.54) is 0 Å².